The average molecular weight is 310 g/mol. The number of nitrogens with zero attached hydrogens (tertiary/aromatic N) is 2. The van der Waals surface area contributed by atoms with Crippen molar-refractivity contribution < 1.29 is 9.72 Å². The molecule has 0 spiro atoms. The van der Waals surface area contributed by atoms with E-state index in [1.165, 1.54) is 12.1 Å². The minimum absolute atomic E-state index is 0.0618. The topological polar surface area (TPSA) is 63.5 Å². The number of hydrogen-bond acceptors (Lipinski definition) is 3. The zero-order valence-electron chi connectivity index (χ0n) is 13.0. The number of carbonyl (C=O) groups excluding carboxylic acids is 1. The maximum atomic E-state index is 12.6. The molecular weight excluding hydrogens is 292 g/mol. The van der Waals surface area contributed by atoms with Crippen LogP contribution in [0.25, 0.3) is 0 Å². The molecule has 3 rings (SSSR count). The number of amides is 1. The maximum absolute atomic E-state index is 12.6. The number of rotatable bonds is 4. The fraction of sp³-hybridized carbons (Fsp3) is 0.278. The largest absolute Gasteiger partial charge is 0.304 e. The van der Waals surface area contributed by atoms with Crippen LogP contribution in [0.15, 0.2) is 54.6 Å². The number of hydrogen-bond donors (Lipinski definition) is 0. The summed E-state index contributed by atoms with van der Waals surface area (Å²) in [6, 6.07) is 16.0. The molecule has 1 heterocycles. The third kappa shape index (κ3) is 2.59. The molecule has 1 amide bonds. The molecular formula is C18H18N2O3. The summed E-state index contributed by atoms with van der Waals surface area (Å²) in [5.41, 5.74) is 1.85. The van der Waals surface area contributed by atoms with E-state index in [9.17, 15) is 14.9 Å². The van der Waals surface area contributed by atoms with Gasteiger partial charge in [0.05, 0.1) is 16.9 Å². The molecule has 118 valence electrons. The van der Waals surface area contributed by atoms with Crippen LogP contribution in [0.2, 0.25) is 0 Å². The first-order valence-corrected chi connectivity index (χ1v) is 7.63. The Morgan fingerprint density at radius 3 is 2.17 bits per heavy atom. The van der Waals surface area contributed by atoms with Gasteiger partial charge in [-0.2, -0.15) is 0 Å². The molecule has 0 aliphatic carbocycles. The normalized spacial score (nSPS) is 20.5. The summed E-state index contributed by atoms with van der Waals surface area (Å²) < 4.78 is 0. The van der Waals surface area contributed by atoms with E-state index in [0.717, 1.165) is 11.3 Å². The summed E-state index contributed by atoms with van der Waals surface area (Å²) in [6.07, 6.45) is 0. The van der Waals surface area contributed by atoms with E-state index >= 15 is 0 Å². The summed E-state index contributed by atoms with van der Waals surface area (Å²) in [5.74, 6) is 0.217. The molecule has 0 radical (unpaired) electrons. The van der Waals surface area contributed by atoms with Crippen LogP contribution in [0.3, 0.4) is 0 Å². The molecule has 2 aromatic rings. The standard InChI is InChI=1S/C18H18N2O3/c1-12(2)16-17(13-8-10-15(11-9-13)20(22)23)19(18(16)21)14-6-4-3-5-7-14/h3-12,16-17H,1-2H3/t16-,17+/m0/s1. The Kier molecular flexibility index (Phi) is 3.86. The molecule has 1 fully saturated rings. The first-order valence-electron chi connectivity index (χ1n) is 7.63. The lowest BCUT2D eigenvalue weighted by molar-refractivity contribution is -0.384. The number of non-ortho nitro benzene ring substituents is 1. The molecule has 2 atom stereocenters. The molecule has 1 aliphatic rings. The highest BCUT2D eigenvalue weighted by Gasteiger charge is 2.50. The maximum Gasteiger partial charge on any atom is 0.269 e. The molecule has 1 saturated heterocycles. The Morgan fingerprint density at radius 1 is 1.04 bits per heavy atom. The zero-order valence-corrected chi connectivity index (χ0v) is 13.0. The van der Waals surface area contributed by atoms with Gasteiger partial charge in [0.15, 0.2) is 0 Å². The van der Waals surface area contributed by atoms with Crippen LogP contribution in [0.5, 0.6) is 0 Å². The predicted octanol–water partition coefficient (Wildman–Crippen LogP) is 3.95. The third-order valence-electron chi connectivity index (χ3n) is 4.34. The van der Waals surface area contributed by atoms with E-state index in [0.29, 0.717) is 0 Å². The molecule has 0 aromatic heterocycles. The van der Waals surface area contributed by atoms with Gasteiger partial charge in [-0.05, 0) is 23.6 Å². The fourth-order valence-electron chi connectivity index (χ4n) is 3.19. The number of nitro groups is 1. The van der Waals surface area contributed by atoms with Gasteiger partial charge in [0, 0.05) is 17.8 Å². The minimum Gasteiger partial charge on any atom is -0.304 e. The molecule has 5 heteroatoms. The van der Waals surface area contributed by atoms with Crippen LogP contribution >= 0.6 is 0 Å². The number of nitro benzene ring substituents is 1. The first-order chi connectivity index (χ1) is 11.0. The highest BCUT2D eigenvalue weighted by atomic mass is 16.6. The van der Waals surface area contributed by atoms with E-state index in [1.54, 1.807) is 17.0 Å². The first kappa shape index (κ1) is 15.2. The molecule has 0 saturated carbocycles. The molecule has 0 bridgehead atoms. The minimum atomic E-state index is -0.412. The molecule has 1 aliphatic heterocycles. The van der Waals surface area contributed by atoms with E-state index in [2.05, 4.69) is 0 Å². The van der Waals surface area contributed by atoms with E-state index in [4.69, 9.17) is 0 Å². The molecule has 23 heavy (non-hydrogen) atoms. The van der Waals surface area contributed by atoms with Crippen molar-refractivity contribution in [3.05, 3.63) is 70.3 Å². The van der Waals surface area contributed by atoms with E-state index < -0.39 is 4.92 Å². The van der Waals surface area contributed by atoms with Crippen LogP contribution in [0, 0.1) is 22.0 Å². The Bertz CT molecular complexity index is 726. The molecule has 0 N–H and O–H groups in total. The zero-order chi connectivity index (χ0) is 16.6. The van der Waals surface area contributed by atoms with Crippen molar-refractivity contribution in [2.24, 2.45) is 11.8 Å². The summed E-state index contributed by atoms with van der Waals surface area (Å²) in [4.78, 5) is 24.8. The van der Waals surface area contributed by atoms with Gasteiger partial charge in [-0.1, -0.05) is 44.2 Å². The molecule has 5 nitrogen and oxygen atoms in total. The predicted molar refractivity (Wildman–Crippen MR) is 88.1 cm³/mol. The SMILES string of the molecule is CC(C)[C@@H]1C(=O)N(c2ccccc2)[C@@H]1c1ccc([N+](=O)[O-])cc1. The second-order valence-electron chi connectivity index (χ2n) is 6.11. The van der Waals surface area contributed by atoms with Crippen LogP contribution in [0.1, 0.15) is 25.5 Å². The Hall–Kier alpha value is -2.69. The van der Waals surface area contributed by atoms with Crippen molar-refractivity contribution in [2.75, 3.05) is 4.90 Å². The Morgan fingerprint density at radius 2 is 1.65 bits per heavy atom. The van der Waals surface area contributed by atoms with Crippen molar-refractivity contribution in [1.82, 2.24) is 0 Å². The average Bonchev–Trinajstić information content (AvgIpc) is 2.53. The highest BCUT2D eigenvalue weighted by Crippen LogP contribution is 2.46. The van der Waals surface area contributed by atoms with Gasteiger partial charge in [-0.3, -0.25) is 14.9 Å². The van der Waals surface area contributed by atoms with Gasteiger partial charge in [-0.15, -0.1) is 0 Å². The van der Waals surface area contributed by atoms with Gasteiger partial charge in [0.1, 0.15) is 0 Å². The summed E-state index contributed by atoms with van der Waals surface area (Å²) in [6.45, 7) is 4.06. The smallest absolute Gasteiger partial charge is 0.269 e. The number of carbonyl (C=O) groups is 1. The molecule has 2 aromatic carbocycles. The van der Waals surface area contributed by atoms with Gasteiger partial charge in [-0.25, -0.2) is 0 Å². The summed E-state index contributed by atoms with van der Waals surface area (Å²) in [5, 5.41) is 10.8. The number of β-lactam (4-membered cyclic amide) rings is 1. The van der Waals surface area contributed by atoms with E-state index in [1.807, 2.05) is 44.2 Å². The quantitative estimate of drug-likeness (QED) is 0.488. The second kappa shape index (κ2) is 5.83. The summed E-state index contributed by atoms with van der Waals surface area (Å²) >= 11 is 0. The van der Waals surface area contributed by atoms with Crippen LogP contribution in [-0.4, -0.2) is 10.8 Å². The fourth-order valence-corrected chi connectivity index (χ4v) is 3.19. The van der Waals surface area contributed by atoms with Gasteiger partial charge < -0.3 is 4.90 Å². The number of benzene rings is 2. The van der Waals surface area contributed by atoms with Crippen LogP contribution < -0.4 is 4.90 Å². The lowest BCUT2D eigenvalue weighted by atomic mass is 9.75. The summed E-state index contributed by atoms with van der Waals surface area (Å²) in [7, 11) is 0. The third-order valence-corrected chi connectivity index (χ3v) is 4.34. The monoisotopic (exact) mass is 310 g/mol. The van der Waals surface area contributed by atoms with Gasteiger partial charge in [0.2, 0.25) is 5.91 Å². The molecule has 0 unspecified atom stereocenters. The van der Waals surface area contributed by atoms with Crippen LogP contribution in [-0.2, 0) is 4.79 Å². The van der Waals surface area contributed by atoms with Gasteiger partial charge in [0.25, 0.3) is 5.69 Å². The van der Waals surface area contributed by atoms with Crippen molar-refractivity contribution >= 4 is 17.3 Å². The Labute approximate surface area is 134 Å². The van der Waals surface area contributed by atoms with Crippen molar-refractivity contribution in [2.45, 2.75) is 19.9 Å². The van der Waals surface area contributed by atoms with E-state index in [-0.39, 0.29) is 29.5 Å². The van der Waals surface area contributed by atoms with Crippen LogP contribution in [0.4, 0.5) is 11.4 Å². The van der Waals surface area contributed by atoms with Crippen molar-refractivity contribution in [3.63, 3.8) is 0 Å². The van der Waals surface area contributed by atoms with Crippen molar-refractivity contribution in [1.29, 1.82) is 0 Å². The lowest BCUT2D eigenvalue weighted by Gasteiger charge is -2.49. The Balaban J connectivity index is 1.98. The van der Waals surface area contributed by atoms with Gasteiger partial charge >= 0.3 is 0 Å². The second-order valence-corrected chi connectivity index (χ2v) is 6.11. The number of para-hydroxylation sites is 1. The van der Waals surface area contributed by atoms with Crippen molar-refractivity contribution in [3.8, 4) is 0 Å². The lowest BCUT2D eigenvalue weighted by Crippen LogP contribution is -2.57. The highest BCUT2D eigenvalue weighted by molar-refractivity contribution is 6.03. The number of anilines is 1.